The third kappa shape index (κ3) is 5.44. The highest BCUT2D eigenvalue weighted by Gasteiger charge is 2.30. The van der Waals surface area contributed by atoms with Crippen LogP contribution in [0.3, 0.4) is 0 Å². The van der Waals surface area contributed by atoms with E-state index in [4.69, 9.17) is 21.0 Å². The number of pyridine rings is 2. The minimum Gasteiger partial charge on any atom is -0.464 e. The molecule has 1 saturated heterocycles. The number of aromatic nitrogens is 4. The summed E-state index contributed by atoms with van der Waals surface area (Å²) in [5.41, 5.74) is 3.26. The first-order valence-electron chi connectivity index (χ1n) is 15.4. The summed E-state index contributed by atoms with van der Waals surface area (Å²) >= 11 is 6.92. The molecule has 1 fully saturated rings. The van der Waals surface area contributed by atoms with Crippen LogP contribution < -0.4 is 10.6 Å². The molecule has 0 bridgehead atoms. The van der Waals surface area contributed by atoms with E-state index in [1.165, 1.54) is 23.0 Å². The maximum atomic E-state index is 15.5. The third-order valence-corrected chi connectivity index (χ3v) is 8.98. The van der Waals surface area contributed by atoms with Gasteiger partial charge in [0.05, 0.1) is 34.5 Å². The van der Waals surface area contributed by atoms with Crippen LogP contribution in [0.15, 0.2) is 64.7 Å². The topological polar surface area (TPSA) is 97.4 Å². The Hall–Kier alpha value is -4.57. The quantitative estimate of drug-likeness (QED) is 0.178. The number of carbonyl (C=O) groups excluding carboxylic acids is 1. The summed E-state index contributed by atoms with van der Waals surface area (Å²) in [7, 11) is 0. The van der Waals surface area contributed by atoms with Gasteiger partial charge in [0.2, 0.25) is 5.91 Å². The summed E-state index contributed by atoms with van der Waals surface area (Å²) in [6, 6.07) is 8.23. The first-order chi connectivity index (χ1) is 22.0. The van der Waals surface area contributed by atoms with Crippen LogP contribution in [0, 0.1) is 5.82 Å². The van der Waals surface area contributed by atoms with E-state index >= 15 is 4.39 Å². The van der Waals surface area contributed by atoms with Gasteiger partial charge in [-0.05, 0) is 66.3 Å². The van der Waals surface area contributed by atoms with Gasteiger partial charge in [0, 0.05) is 43.0 Å². The van der Waals surface area contributed by atoms with Crippen LogP contribution in [-0.2, 0) is 11.3 Å². The zero-order chi connectivity index (χ0) is 32.9. The van der Waals surface area contributed by atoms with E-state index in [2.05, 4.69) is 44.2 Å². The van der Waals surface area contributed by atoms with Crippen LogP contribution in [0.25, 0.3) is 33.3 Å². The van der Waals surface area contributed by atoms with E-state index in [0.29, 0.717) is 47.5 Å². The van der Waals surface area contributed by atoms with E-state index in [0.717, 1.165) is 16.8 Å². The molecule has 1 atom stereocenters. The molecule has 5 aromatic rings. The van der Waals surface area contributed by atoms with Gasteiger partial charge in [-0.25, -0.2) is 14.2 Å². The van der Waals surface area contributed by atoms with E-state index in [1.54, 1.807) is 29.3 Å². The highest BCUT2D eigenvalue weighted by Crippen LogP contribution is 2.38. The molecule has 0 unspecified atom stereocenters. The highest BCUT2D eigenvalue weighted by molar-refractivity contribution is 6.34. The number of hydrogen-bond acceptors (Lipinski definition) is 7. The largest absolute Gasteiger partial charge is 0.464 e. The molecule has 0 spiro atoms. The Bertz CT molecular complexity index is 2030. The molecule has 5 heterocycles. The molecule has 238 valence electrons. The van der Waals surface area contributed by atoms with E-state index in [1.807, 2.05) is 17.9 Å². The highest BCUT2D eigenvalue weighted by atomic mass is 35.5. The van der Waals surface area contributed by atoms with Crippen LogP contribution in [0.2, 0.25) is 5.02 Å². The summed E-state index contributed by atoms with van der Waals surface area (Å²) in [6.45, 7) is 15.4. The average molecular weight is 643 g/mol. The molecule has 1 amide bonds. The first kappa shape index (κ1) is 31.4. The molecule has 46 heavy (non-hydrogen) atoms. The van der Waals surface area contributed by atoms with Crippen molar-refractivity contribution in [1.82, 2.24) is 24.4 Å². The lowest BCUT2D eigenvalue weighted by Crippen LogP contribution is -2.54. The van der Waals surface area contributed by atoms with Gasteiger partial charge in [-0.2, -0.15) is 4.98 Å². The van der Waals surface area contributed by atoms with Crippen LogP contribution in [0.4, 0.5) is 10.2 Å². The van der Waals surface area contributed by atoms with E-state index in [-0.39, 0.29) is 46.6 Å². The number of carbonyl (C=O) groups is 1. The van der Waals surface area contributed by atoms with Gasteiger partial charge in [0.25, 0.3) is 0 Å². The molecule has 1 aliphatic rings. The summed E-state index contributed by atoms with van der Waals surface area (Å²) in [4.78, 5) is 44.4. The number of piperazine rings is 1. The molecule has 0 saturated carbocycles. The molecule has 9 nitrogen and oxygen atoms in total. The SMILES string of the molecule is C=CC(=O)N1CCN(c2nc(=O)n(Cc3c(C(C)C)ccnc3C(C)C)c3nc(-c4c(F)ccc5ccoc45)c(Cl)cc23)[C@@H](C)C1. The van der Waals surface area contributed by atoms with Crippen LogP contribution in [0.1, 0.15) is 63.3 Å². The summed E-state index contributed by atoms with van der Waals surface area (Å²) in [6.07, 6.45) is 4.59. The lowest BCUT2D eigenvalue weighted by atomic mass is 9.93. The predicted molar refractivity (Wildman–Crippen MR) is 179 cm³/mol. The Kier molecular flexibility index (Phi) is 8.41. The molecule has 1 aromatic carbocycles. The maximum Gasteiger partial charge on any atom is 0.351 e. The van der Waals surface area contributed by atoms with Gasteiger partial charge in [-0.1, -0.05) is 45.9 Å². The minimum absolute atomic E-state index is 0.0990. The van der Waals surface area contributed by atoms with Crippen molar-refractivity contribution in [3.8, 4) is 11.3 Å². The lowest BCUT2D eigenvalue weighted by Gasteiger charge is -2.40. The Morgan fingerprint density at radius 2 is 1.93 bits per heavy atom. The van der Waals surface area contributed by atoms with Crippen molar-refractivity contribution in [1.29, 1.82) is 0 Å². The lowest BCUT2D eigenvalue weighted by molar-refractivity contribution is -0.126. The number of anilines is 1. The fourth-order valence-corrected chi connectivity index (χ4v) is 6.66. The number of rotatable bonds is 7. The smallest absolute Gasteiger partial charge is 0.351 e. The number of fused-ring (bicyclic) bond motifs is 2. The second-order valence-electron chi connectivity index (χ2n) is 12.4. The molecule has 0 N–H and O–H groups in total. The third-order valence-electron chi connectivity index (χ3n) is 8.69. The Morgan fingerprint density at radius 1 is 1.15 bits per heavy atom. The number of nitrogens with zero attached hydrogens (tertiary/aromatic N) is 6. The van der Waals surface area contributed by atoms with Gasteiger partial charge < -0.3 is 14.2 Å². The van der Waals surface area contributed by atoms with Gasteiger partial charge in [0.15, 0.2) is 0 Å². The van der Waals surface area contributed by atoms with Crippen molar-refractivity contribution in [2.45, 2.75) is 59.0 Å². The monoisotopic (exact) mass is 642 g/mol. The summed E-state index contributed by atoms with van der Waals surface area (Å²) < 4.78 is 22.7. The van der Waals surface area contributed by atoms with Gasteiger partial charge >= 0.3 is 5.69 Å². The van der Waals surface area contributed by atoms with Crippen molar-refractivity contribution in [2.75, 3.05) is 24.5 Å². The first-order valence-corrected chi connectivity index (χ1v) is 15.8. The molecule has 0 aliphatic carbocycles. The molecular weight excluding hydrogens is 607 g/mol. The maximum absolute atomic E-state index is 15.5. The second-order valence-corrected chi connectivity index (χ2v) is 12.8. The van der Waals surface area contributed by atoms with E-state index in [9.17, 15) is 9.59 Å². The van der Waals surface area contributed by atoms with Gasteiger partial charge in [0.1, 0.15) is 22.9 Å². The number of benzene rings is 1. The molecule has 0 radical (unpaired) electrons. The molecular formula is C35H36ClFN6O3. The molecule has 4 aromatic heterocycles. The summed E-state index contributed by atoms with van der Waals surface area (Å²) in [5, 5.41) is 1.42. The van der Waals surface area contributed by atoms with Crippen molar-refractivity contribution in [3.05, 3.63) is 93.6 Å². The Morgan fingerprint density at radius 3 is 2.63 bits per heavy atom. The van der Waals surface area contributed by atoms with Crippen LogP contribution >= 0.6 is 11.6 Å². The molecule has 11 heteroatoms. The standard InChI is InChI=1S/C35H36ClFN6O3/c1-7-28(44)41-13-14-42(21(6)17-41)34-24-16-26(36)31(29-27(37)9-8-22-11-15-46-32(22)29)39-33(24)43(35(45)40-34)18-25-23(19(2)3)10-12-38-30(25)20(4)5/h7-12,15-16,19-21H,1,13-14,17-18H2,2-6H3/t21-/m0/s1. The number of halogens is 2. The van der Waals surface area contributed by atoms with E-state index < -0.39 is 11.5 Å². The molecule has 6 rings (SSSR count). The second kappa shape index (κ2) is 12.3. The average Bonchev–Trinajstić information content (AvgIpc) is 3.50. The zero-order valence-electron chi connectivity index (χ0n) is 26.6. The fraction of sp³-hybridized carbons (Fsp3) is 0.343. The van der Waals surface area contributed by atoms with Crippen LogP contribution in [0.5, 0.6) is 0 Å². The van der Waals surface area contributed by atoms with Gasteiger partial charge in [-0.15, -0.1) is 0 Å². The number of furan rings is 1. The van der Waals surface area contributed by atoms with Crippen molar-refractivity contribution >= 4 is 45.3 Å². The van der Waals surface area contributed by atoms with Gasteiger partial charge in [-0.3, -0.25) is 14.3 Å². The fourth-order valence-electron chi connectivity index (χ4n) is 6.41. The predicted octanol–water partition coefficient (Wildman–Crippen LogP) is 6.91. The Balaban J connectivity index is 1.61. The van der Waals surface area contributed by atoms with Crippen molar-refractivity contribution in [3.63, 3.8) is 0 Å². The van der Waals surface area contributed by atoms with Crippen LogP contribution in [-0.4, -0.2) is 56.0 Å². The Labute approximate surface area is 271 Å². The number of hydrogen-bond donors (Lipinski definition) is 0. The zero-order valence-corrected chi connectivity index (χ0v) is 27.3. The minimum atomic E-state index is -0.549. The summed E-state index contributed by atoms with van der Waals surface area (Å²) in [5.74, 6) is -0.0221. The normalized spacial score (nSPS) is 15.5. The molecule has 1 aliphatic heterocycles. The number of amides is 1. The van der Waals surface area contributed by atoms with Crippen molar-refractivity contribution < 1.29 is 13.6 Å². The van der Waals surface area contributed by atoms with Crippen molar-refractivity contribution in [2.24, 2.45) is 0 Å².